The van der Waals surface area contributed by atoms with Gasteiger partial charge >= 0.3 is 5.97 Å². The van der Waals surface area contributed by atoms with E-state index in [0.717, 1.165) is 30.7 Å². The summed E-state index contributed by atoms with van der Waals surface area (Å²) in [7, 11) is 0. The number of aromatic nitrogens is 3. The van der Waals surface area contributed by atoms with Crippen LogP contribution in [-0.4, -0.2) is 52.3 Å². The number of hydrogen-bond donors (Lipinski definition) is 1. The number of fused-ring (bicyclic) bond motifs is 1. The molecule has 0 aliphatic carbocycles. The van der Waals surface area contributed by atoms with Gasteiger partial charge in [-0.3, -0.25) is 0 Å². The highest BCUT2D eigenvalue weighted by atomic mass is 16.6. The quantitative estimate of drug-likeness (QED) is 0.663. The topological polar surface area (TPSA) is 80.3 Å². The minimum absolute atomic E-state index is 0.160. The van der Waals surface area contributed by atoms with Gasteiger partial charge in [-0.2, -0.15) is 0 Å². The molecule has 1 atom stereocenters. The fraction of sp³-hybridized carbons (Fsp3) is 0.500. The van der Waals surface area contributed by atoms with Crippen LogP contribution >= 0.6 is 0 Å². The number of anilines is 1. The molecule has 3 rings (SSSR count). The van der Waals surface area contributed by atoms with Gasteiger partial charge in [0, 0.05) is 13.1 Å². The van der Waals surface area contributed by atoms with Crippen molar-refractivity contribution in [2.75, 3.05) is 24.6 Å². The zero-order chi connectivity index (χ0) is 18.0. The Bertz CT molecular complexity index is 778. The highest BCUT2D eigenvalue weighted by Gasteiger charge is 2.27. The van der Waals surface area contributed by atoms with Crippen molar-refractivity contribution in [2.45, 2.75) is 38.9 Å². The second-order valence-corrected chi connectivity index (χ2v) is 7.12. The summed E-state index contributed by atoms with van der Waals surface area (Å²) in [5.41, 5.74) is 0.458. The summed E-state index contributed by atoms with van der Waals surface area (Å²) in [6.45, 7) is 11.3. The Hall–Kier alpha value is -2.41. The fourth-order valence-corrected chi connectivity index (χ4v) is 2.88. The molecule has 0 amide bonds. The SMILES string of the molecule is C=CCOC1CCN(c2ncnc3[nH]c(C(=O)OC(C)(C)C)cc23)C1. The minimum atomic E-state index is -0.548. The van der Waals surface area contributed by atoms with Crippen molar-refractivity contribution in [1.29, 1.82) is 0 Å². The summed E-state index contributed by atoms with van der Waals surface area (Å²) in [6.07, 6.45) is 4.35. The number of rotatable bonds is 5. The highest BCUT2D eigenvalue weighted by molar-refractivity contribution is 5.97. The van der Waals surface area contributed by atoms with Crippen LogP contribution in [0.3, 0.4) is 0 Å². The lowest BCUT2D eigenvalue weighted by Gasteiger charge is -2.18. The van der Waals surface area contributed by atoms with Crippen LogP contribution in [0.1, 0.15) is 37.7 Å². The lowest BCUT2D eigenvalue weighted by atomic mass is 10.2. The zero-order valence-electron chi connectivity index (χ0n) is 14.9. The first-order valence-electron chi connectivity index (χ1n) is 8.42. The van der Waals surface area contributed by atoms with Crippen molar-refractivity contribution < 1.29 is 14.3 Å². The van der Waals surface area contributed by atoms with Crippen molar-refractivity contribution in [3.8, 4) is 0 Å². The highest BCUT2D eigenvalue weighted by Crippen LogP contribution is 2.28. The third-order valence-electron chi connectivity index (χ3n) is 3.92. The van der Waals surface area contributed by atoms with Gasteiger partial charge in [-0.25, -0.2) is 14.8 Å². The van der Waals surface area contributed by atoms with Gasteiger partial charge in [0.25, 0.3) is 0 Å². The Morgan fingerprint density at radius 2 is 2.28 bits per heavy atom. The maximum absolute atomic E-state index is 12.3. The molecule has 1 unspecified atom stereocenters. The normalized spacial score (nSPS) is 17.9. The van der Waals surface area contributed by atoms with Crippen molar-refractivity contribution in [2.24, 2.45) is 0 Å². The summed E-state index contributed by atoms with van der Waals surface area (Å²) < 4.78 is 11.1. The Labute approximate surface area is 147 Å². The fourth-order valence-electron chi connectivity index (χ4n) is 2.88. The van der Waals surface area contributed by atoms with E-state index in [1.807, 2.05) is 20.8 Å². The van der Waals surface area contributed by atoms with E-state index in [9.17, 15) is 4.79 Å². The Morgan fingerprint density at radius 3 is 3.00 bits per heavy atom. The number of ether oxygens (including phenoxy) is 2. The lowest BCUT2D eigenvalue weighted by molar-refractivity contribution is 0.00638. The minimum Gasteiger partial charge on any atom is -0.455 e. The molecule has 0 saturated carbocycles. The van der Waals surface area contributed by atoms with Crippen LogP contribution in [0.15, 0.2) is 25.0 Å². The average molecular weight is 344 g/mol. The number of nitrogens with one attached hydrogen (secondary N) is 1. The van der Waals surface area contributed by atoms with Crippen LogP contribution < -0.4 is 4.90 Å². The third kappa shape index (κ3) is 3.99. The van der Waals surface area contributed by atoms with Gasteiger partial charge in [-0.15, -0.1) is 6.58 Å². The summed E-state index contributed by atoms with van der Waals surface area (Å²) in [4.78, 5) is 26.1. The van der Waals surface area contributed by atoms with Crippen molar-refractivity contribution in [3.05, 3.63) is 30.7 Å². The molecule has 0 bridgehead atoms. The molecule has 1 saturated heterocycles. The van der Waals surface area contributed by atoms with E-state index >= 15 is 0 Å². The standard InChI is InChI=1S/C18H24N4O3/c1-5-8-24-12-6-7-22(10-12)16-13-9-14(17(23)25-18(2,3)4)21-15(13)19-11-20-16/h5,9,11-12H,1,6-8,10H2,2-4H3,(H,19,20,21). The average Bonchev–Trinajstić information content (AvgIpc) is 3.17. The smallest absolute Gasteiger partial charge is 0.355 e. The summed E-state index contributed by atoms with van der Waals surface area (Å²) in [5.74, 6) is 0.408. The van der Waals surface area contributed by atoms with Crippen molar-refractivity contribution >= 4 is 22.8 Å². The molecule has 1 aliphatic rings. The van der Waals surface area contributed by atoms with Crippen LogP contribution in [0.25, 0.3) is 11.0 Å². The molecule has 0 aromatic carbocycles. The van der Waals surface area contributed by atoms with Crippen LogP contribution in [-0.2, 0) is 9.47 Å². The van der Waals surface area contributed by atoms with E-state index in [-0.39, 0.29) is 6.10 Å². The van der Waals surface area contributed by atoms with E-state index in [2.05, 4.69) is 26.4 Å². The van der Waals surface area contributed by atoms with Crippen molar-refractivity contribution in [3.63, 3.8) is 0 Å². The van der Waals surface area contributed by atoms with E-state index in [1.165, 1.54) is 6.33 Å². The molecule has 7 heteroatoms. The molecular weight excluding hydrogens is 320 g/mol. The molecule has 0 radical (unpaired) electrons. The largest absolute Gasteiger partial charge is 0.455 e. The number of aromatic amines is 1. The van der Waals surface area contributed by atoms with E-state index in [1.54, 1.807) is 12.1 Å². The van der Waals surface area contributed by atoms with E-state index in [0.29, 0.717) is 17.9 Å². The van der Waals surface area contributed by atoms with Crippen LogP contribution in [0.4, 0.5) is 5.82 Å². The molecule has 1 aliphatic heterocycles. The third-order valence-corrected chi connectivity index (χ3v) is 3.92. The lowest BCUT2D eigenvalue weighted by Crippen LogP contribution is -2.24. The van der Waals surface area contributed by atoms with Crippen LogP contribution in [0.2, 0.25) is 0 Å². The predicted octanol–water partition coefficient (Wildman–Crippen LogP) is 2.69. The molecule has 1 fully saturated rings. The summed E-state index contributed by atoms with van der Waals surface area (Å²) in [6, 6.07) is 1.76. The summed E-state index contributed by atoms with van der Waals surface area (Å²) in [5, 5.41) is 0.813. The Kier molecular flexibility index (Phi) is 4.76. The molecule has 3 heterocycles. The van der Waals surface area contributed by atoms with Gasteiger partial charge in [0.15, 0.2) is 0 Å². The number of nitrogens with zero attached hydrogens (tertiary/aromatic N) is 3. The first kappa shape index (κ1) is 17.4. The number of H-pyrrole nitrogens is 1. The Balaban J connectivity index is 1.83. The first-order valence-corrected chi connectivity index (χ1v) is 8.42. The molecule has 2 aromatic heterocycles. The number of esters is 1. The zero-order valence-corrected chi connectivity index (χ0v) is 14.9. The monoisotopic (exact) mass is 344 g/mol. The van der Waals surface area contributed by atoms with Gasteiger partial charge in [-0.05, 0) is 33.3 Å². The van der Waals surface area contributed by atoms with Gasteiger partial charge in [-0.1, -0.05) is 6.08 Å². The maximum atomic E-state index is 12.3. The van der Waals surface area contributed by atoms with Gasteiger partial charge in [0.05, 0.1) is 18.1 Å². The predicted molar refractivity (Wildman–Crippen MR) is 95.8 cm³/mol. The molecule has 134 valence electrons. The molecule has 2 aromatic rings. The molecule has 1 N–H and O–H groups in total. The first-order chi connectivity index (χ1) is 11.9. The molecule has 7 nitrogen and oxygen atoms in total. The van der Waals surface area contributed by atoms with Crippen LogP contribution in [0.5, 0.6) is 0 Å². The number of carbonyl (C=O) groups is 1. The molecule has 25 heavy (non-hydrogen) atoms. The van der Waals surface area contributed by atoms with E-state index in [4.69, 9.17) is 9.47 Å². The second-order valence-electron chi connectivity index (χ2n) is 7.12. The second kappa shape index (κ2) is 6.84. The maximum Gasteiger partial charge on any atom is 0.355 e. The van der Waals surface area contributed by atoms with Crippen molar-refractivity contribution in [1.82, 2.24) is 15.0 Å². The van der Waals surface area contributed by atoms with Gasteiger partial charge in [0.1, 0.15) is 29.1 Å². The van der Waals surface area contributed by atoms with Gasteiger partial charge in [0.2, 0.25) is 0 Å². The van der Waals surface area contributed by atoms with Crippen LogP contribution in [0, 0.1) is 0 Å². The number of hydrogen-bond acceptors (Lipinski definition) is 6. The molecule has 0 spiro atoms. The van der Waals surface area contributed by atoms with Gasteiger partial charge < -0.3 is 19.4 Å². The number of carbonyl (C=O) groups excluding carboxylic acids is 1. The summed E-state index contributed by atoms with van der Waals surface area (Å²) >= 11 is 0. The molecular formula is C18H24N4O3. The van der Waals surface area contributed by atoms with E-state index < -0.39 is 11.6 Å². The Morgan fingerprint density at radius 1 is 1.48 bits per heavy atom.